The molecule has 156 valence electrons. The lowest BCUT2D eigenvalue weighted by atomic mass is 10.3. The number of methoxy groups -OCH3 is 3. The van der Waals surface area contributed by atoms with Crippen molar-refractivity contribution in [2.75, 3.05) is 26.6 Å². The minimum absolute atomic E-state index is 0.108. The van der Waals surface area contributed by atoms with Crippen LogP contribution in [0.4, 0.5) is 5.69 Å². The number of nitrogens with zero attached hydrogens (tertiary/aromatic N) is 4. The van der Waals surface area contributed by atoms with Gasteiger partial charge in [0.15, 0.2) is 0 Å². The summed E-state index contributed by atoms with van der Waals surface area (Å²) in [6, 6.07) is 3.34. The summed E-state index contributed by atoms with van der Waals surface area (Å²) < 4.78 is 21.6. The van der Waals surface area contributed by atoms with Gasteiger partial charge in [-0.25, -0.2) is 9.78 Å². The van der Waals surface area contributed by atoms with Gasteiger partial charge in [0.25, 0.3) is 0 Å². The third kappa shape index (κ3) is 5.01. The molecule has 0 atom stereocenters. The summed E-state index contributed by atoms with van der Waals surface area (Å²) in [4.78, 5) is 31.6. The third-order valence-corrected chi connectivity index (χ3v) is 3.82. The SMILES string of the molecule is COC(=O)c1ccc(Cn2cc(NC(=O)C=Cc3cnc(OC)nc3OC)cn2)o1. The lowest BCUT2D eigenvalue weighted by Gasteiger charge is -2.04. The average Bonchev–Trinajstić information content (AvgIpc) is 3.41. The highest BCUT2D eigenvalue weighted by Gasteiger charge is 2.12. The Morgan fingerprint density at radius 2 is 2.03 bits per heavy atom. The third-order valence-electron chi connectivity index (χ3n) is 3.82. The van der Waals surface area contributed by atoms with Crippen molar-refractivity contribution in [2.45, 2.75) is 6.54 Å². The molecular weight excluding hydrogens is 394 g/mol. The Labute approximate surface area is 171 Å². The van der Waals surface area contributed by atoms with Crippen LogP contribution < -0.4 is 14.8 Å². The van der Waals surface area contributed by atoms with E-state index < -0.39 is 5.97 Å². The number of hydrogen-bond donors (Lipinski definition) is 1. The molecule has 3 aromatic rings. The highest BCUT2D eigenvalue weighted by molar-refractivity contribution is 6.01. The monoisotopic (exact) mass is 413 g/mol. The van der Waals surface area contributed by atoms with Crippen LogP contribution in [0, 0.1) is 0 Å². The number of anilines is 1. The van der Waals surface area contributed by atoms with Crippen molar-refractivity contribution >= 4 is 23.6 Å². The molecule has 0 saturated heterocycles. The van der Waals surface area contributed by atoms with E-state index in [0.717, 1.165) is 0 Å². The molecule has 3 rings (SSSR count). The van der Waals surface area contributed by atoms with Crippen LogP contribution in [0.2, 0.25) is 0 Å². The molecule has 1 amide bonds. The Balaban J connectivity index is 1.60. The number of aromatic nitrogens is 4. The molecule has 11 heteroatoms. The van der Waals surface area contributed by atoms with E-state index in [4.69, 9.17) is 13.9 Å². The zero-order valence-electron chi connectivity index (χ0n) is 16.5. The van der Waals surface area contributed by atoms with E-state index in [1.54, 1.807) is 16.9 Å². The molecule has 0 aromatic carbocycles. The standard InChI is InChI=1S/C19H19N5O6/c1-27-17-12(8-20-19(23-17)29-3)4-7-16(25)22-13-9-21-24(10-13)11-14-5-6-15(30-14)18(26)28-2/h4-10H,11H2,1-3H3,(H,22,25). The molecule has 30 heavy (non-hydrogen) atoms. The topological polar surface area (TPSA) is 131 Å². The molecule has 0 radical (unpaired) electrons. The van der Waals surface area contributed by atoms with Crippen LogP contribution in [0.1, 0.15) is 21.9 Å². The van der Waals surface area contributed by atoms with Crippen LogP contribution in [0.3, 0.4) is 0 Å². The smallest absolute Gasteiger partial charge is 0.373 e. The van der Waals surface area contributed by atoms with Crippen LogP contribution in [-0.2, 0) is 16.1 Å². The Bertz CT molecular complexity index is 1070. The predicted molar refractivity (Wildman–Crippen MR) is 104 cm³/mol. The molecule has 11 nitrogen and oxygen atoms in total. The highest BCUT2D eigenvalue weighted by Crippen LogP contribution is 2.18. The molecule has 0 aliphatic heterocycles. The zero-order chi connectivity index (χ0) is 21.5. The summed E-state index contributed by atoms with van der Waals surface area (Å²) in [5.74, 6) is -0.0265. The van der Waals surface area contributed by atoms with E-state index in [1.807, 2.05) is 0 Å². The number of furan rings is 1. The quantitative estimate of drug-likeness (QED) is 0.433. The van der Waals surface area contributed by atoms with Crippen molar-refractivity contribution in [1.29, 1.82) is 0 Å². The van der Waals surface area contributed by atoms with E-state index in [-0.39, 0.29) is 30.1 Å². The van der Waals surface area contributed by atoms with Gasteiger partial charge in [-0.2, -0.15) is 10.1 Å². The molecule has 0 saturated carbocycles. The predicted octanol–water partition coefficient (Wildman–Crippen LogP) is 1.77. The number of ether oxygens (including phenoxy) is 3. The molecule has 0 aliphatic carbocycles. The lowest BCUT2D eigenvalue weighted by molar-refractivity contribution is -0.111. The van der Waals surface area contributed by atoms with Crippen molar-refractivity contribution in [1.82, 2.24) is 19.7 Å². The lowest BCUT2D eigenvalue weighted by Crippen LogP contribution is -2.07. The minimum atomic E-state index is -0.555. The average molecular weight is 413 g/mol. The van der Waals surface area contributed by atoms with Crippen LogP contribution in [0.25, 0.3) is 6.08 Å². The van der Waals surface area contributed by atoms with Gasteiger partial charge in [0.05, 0.1) is 45.3 Å². The maximum Gasteiger partial charge on any atom is 0.373 e. The fourth-order valence-electron chi connectivity index (χ4n) is 2.43. The molecule has 0 bridgehead atoms. The molecule has 0 fully saturated rings. The maximum absolute atomic E-state index is 12.2. The second-order valence-electron chi connectivity index (χ2n) is 5.83. The highest BCUT2D eigenvalue weighted by atomic mass is 16.5. The number of carbonyl (C=O) groups is 2. The first-order valence-corrected chi connectivity index (χ1v) is 8.66. The van der Waals surface area contributed by atoms with Crippen molar-refractivity contribution in [2.24, 2.45) is 0 Å². The first-order chi connectivity index (χ1) is 14.5. The van der Waals surface area contributed by atoms with Gasteiger partial charge in [-0.1, -0.05) is 0 Å². The fourth-order valence-corrected chi connectivity index (χ4v) is 2.43. The van der Waals surface area contributed by atoms with Gasteiger partial charge in [-0.15, -0.1) is 0 Å². The van der Waals surface area contributed by atoms with Gasteiger partial charge in [0.1, 0.15) is 5.76 Å². The molecule has 3 aromatic heterocycles. The molecule has 0 unspecified atom stereocenters. The van der Waals surface area contributed by atoms with Crippen LogP contribution in [0.15, 0.2) is 41.2 Å². The van der Waals surface area contributed by atoms with E-state index in [2.05, 4.69) is 25.1 Å². The Morgan fingerprint density at radius 1 is 1.20 bits per heavy atom. The largest absolute Gasteiger partial charge is 0.480 e. The fraction of sp³-hybridized carbons (Fsp3) is 0.211. The van der Waals surface area contributed by atoms with Crippen LogP contribution >= 0.6 is 0 Å². The zero-order valence-corrected chi connectivity index (χ0v) is 16.5. The molecule has 0 aliphatic rings. The number of rotatable bonds is 8. The van der Waals surface area contributed by atoms with Crippen molar-refractivity contribution in [3.05, 3.63) is 53.9 Å². The number of carbonyl (C=O) groups excluding carboxylic acids is 2. The van der Waals surface area contributed by atoms with Gasteiger partial charge >= 0.3 is 12.0 Å². The van der Waals surface area contributed by atoms with Gasteiger partial charge in [0.2, 0.25) is 17.5 Å². The molecule has 3 heterocycles. The second-order valence-corrected chi connectivity index (χ2v) is 5.83. The van der Waals surface area contributed by atoms with Crippen molar-refractivity contribution in [3.63, 3.8) is 0 Å². The van der Waals surface area contributed by atoms with Crippen LogP contribution in [-0.4, -0.2) is 53.0 Å². The normalized spacial score (nSPS) is 10.8. The molecule has 1 N–H and O–H groups in total. The van der Waals surface area contributed by atoms with Gasteiger partial charge in [-0.05, 0) is 18.2 Å². The van der Waals surface area contributed by atoms with Crippen LogP contribution in [0.5, 0.6) is 11.9 Å². The Kier molecular flexibility index (Phi) is 6.42. The van der Waals surface area contributed by atoms with Gasteiger partial charge < -0.3 is 23.9 Å². The van der Waals surface area contributed by atoms with Crippen molar-refractivity contribution in [3.8, 4) is 11.9 Å². The van der Waals surface area contributed by atoms with Crippen molar-refractivity contribution < 1.29 is 28.2 Å². The molecule has 0 spiro atoms. The van der Waals surface area contributed by atoms with E-state index in [0.29, 0.717) is 17.0 Å². The van der Waals surface area contributed by atoms with E-state index in [1.165, 1.54) is 51.9 Å². The first kappa shape index (κ1) is 20.6. The Hall–Kier alpha value is -4.15. The van der Waals surface area contributed by atoms with E-state index in [9.17, 15) is 9.59 Å². The summed E-state index contributed by atoms with van der Waals surface area (Å²) in [5.41, 5.74) is 1.01. The number of esters is 1. The Morgan fingerprint density at radius 3 is 2.77 bits per heavy atom. The van der Waals surface area contributed by atoms with Gasteiger partial charge in [0, 0.05) is 18.5 Å². The van der Waals surface area contributed by atoms with Gasteiger partial charge in [-0.3, -0.25) is 9.48 Å². The second kappa shape index (κ2) is 9.37. The summed E-state index contributed by atoms with van der Waals surface area (Å²) in [6.07, 6.45) is 7.45. The van der Waals surface area contributed by atoms with E-state index >= 15 is 0 Å². The maximum atomic E-state index is 12.2. The number of nitrogens with one attached hydrogen (secondary N) is 1. The number of amides is 1. The molecular formula is C19H19N5O6. The summed E-state index contributed by atoms with van der Waals surface area (Å²) in [5, 5.41) is 6.84. The first-order valence-electron chi connectivity index (χ1n) is 8.66. The minimum Gasteiger partial charge on any atom is -0.480 e. The number of hydrogen-bond acceptors (Lipinski definition) is 9. The summed E-state index contributed by atoms with van der Waals surface area (Å²) in [6.45, 7) is 0.281. The summed E-state index contributed by atoms with van der Waals surface area (Å²) in [7, 11) is 4.18. The summed E-state index contributed by atoms with van der Waals surface area (Å²) >= 11 is 0.